The lowest BCUT2D eigenvalue weighted by Gasteiger charge is -2.05. The van der Waals surface area contributed by atoms with E-state index in [0.717, 1.165) is 17.4 Å². The van der Waals surface area contributed by atoms with Crippen LogP contribution in [0.15, 0.2) is 40.6 Å². The lowest BCUT2D eigenvalue weighted by atomic mass is 10.3. The first-order valence-electron chi connectivity index (χ1n) is 5.90. The Bertz CT molecular complexity index is 755. The monoisotopic (exact) mass is 329 g/mol. The van der Waals surface area contributed by atoms with Gasteiger partial charge in [0, 0.05) is 11.8 Å². The molecular formula is C13H12FNO4S2. The maximum absolute atomic E-state index is 13.4. The molecule has 1 amide bonds. The Morgan fingerprint density at radius 3 is 2.67 bits per heavy atom. The van der Waals surface area contributed by atoms with Gasteiger partial charge in [-0.25, -0.2) is 4.39 Å². The van der Waals surface area contributed by atoms with Crippen LogP contribution in [0.5, 0.6) is 5.75 Å². The standard InChI is InChI=1S/C13H12FNO4S2/c1-9(16)15-8-10-6-7-13(20-10)21(17,18)19-12-5-3-2-4-11(12)14/h2-7H,8H2,1H3,(H,15,16). The number of benzene rings is 1. The Balaban J connectivity index is 2.17. The molecule has 2 rings (SSSR count). The van der Waals surface area contributed by atoms with E-state index in [4.69, 9.17) is 4.18 Å². The van der Waals surface area contributed by atoms with Crippen LogP contribution in [0.25, 0.3) is 0 Å². The zero-order valence-electron chi connectivity index (χ0n) is 11.0. The van der Waals surface area contributed by atoms with Crippen LogP contribution in [0.2, 0.25) is 0 Å². The van der Waals surface area contributed by atoms with Gasteiger partial charge in [-0.05, 0) is 24.3 Å². The van der Waals surface area contributed by atoms with Crippen LogP contribution >= 0.6 is 11.3 Å². The van der Waals surface area contributed by atoms with E-state index in [0.29, 0.717) is 4.88 Å². The highest BCUT2D eigenvalue weighted by atomic mass is 32.3. The topological polar surface area (TPSA) is 72.5 Å². The summed E-state index contributed by atoms with van der Waals surface area (Å²) in [5.41, 5.74) is 0. The summed E-state index contributed by atoms with van der Waals surface area (Å²) in [6.07, 6.45) is 0. The fourth-order valence-corrected chi connectivity index (χ4v) is 3.67. The molecule has 0 saturated carbocycles. The van der Waals surface area contributed by atoms with E-state index in [1.807, 2.05) is 0 Å². The Morgan fingerprint density at radius 1 is 1.29 bits per heavy atom. The lowest BCUT2D eigenvalue weighted by Crippen LogP contribution is -2.18. The van der Waals surface area contributed by atoms with E-state index in [1.165, 1.54) is 31.2 Å². The minimum atomic E-state index is -4.09. The second-order valence-electron chi connectivity index (χ2n) is 4.10. The first kappa shape index (κ1) is 15.5. The Labute approximate surface area is 125 Å². The molecule has 0 aliphatic carbocycles. The molecule has 112 valence electrons. The van der Waals surface area contributed by atoms with Gasteiger partial charge < -0.3 is 9.50 Å². The SMILES string of the molecule is CC(=O)NCc1ccc(S(=O)(=O)Oc2ccccc2F)s1. The lowest BCUT2D eigenvalue weighted by molar-refractivity contribution is -0.119. The minimum absolute atomic E-state index is 0.0499. The maximum atomic E-state index is 13.4. The van der Waals surface area contributed by atoms with Crippen molar-refractivity contribution in [3.63, 3.8) is 0 Å². The highest BCUT2D eigenvalue weighted by Gasteiger charge is 2.21. The molecule has 21 heavy (non-hydrogen) atoms. The summed E-state index contributed by atoms with van der Waals surface area (Å²) in [4.78, 5) is 11.5. The van der Waals surface area contributed by atoms with E-state index in [-0.39, 0.29) is 22.4 Å². The van der Waals surface area contributed by atoms with Gasteiger partial charge in [-0.3, -0.25) is 4.79 Å². The van der Waals surface area contributed by atoms with E-state index in [2.05, 4.69) is 5.32 Å². The summed E-state index contributed by atoms with van der Waals surface area (Å²) >= 11 is 0.957. The molecule has 1 heterocycles. The van der Waals surface area contributed by atoms with Gasteiger partial charge in [0.2, 0.25) is 5.91 Å². The van der Waals surface area contributed by atoms with Crippen molar-refractivity contribution >= 4 is 27.4 Å². The quantitative estimate of drug-likeness (QED) is 0.854. The molecule has 0 unspecified atom stereocenters. The number of rotatable bonds is 5. The summed E-state index contributed by atoms with van der Waals surface area (Å²) in [7, 11) is -4.09. The largest absolute Gasteiger partial charge is 0.375 e. The van der Waals surface area contributed by atoms with Crippen molar-refractivity contribution in [1.82, 2.24) is 5.32 Å². The van der Waals surface area contributed by atoms with Crippen LogP contribution in [-0.2, 0) is 21.5 Å². The molecule has 0 saturated heterocycles. The highest BCUT2D eigenvalue weighted by molar-refractivity contribution is 7.89. The first-order chi connectivity index (χ1) is 9.88. The number of carbonyl (C=O) groups excluding carboxylic acids is 1. The molecule has 2 aromatic rings. The second-order valence-corrected chi connectivity index (χ2v) is 7.04. The summed E-state index contributed by atoms with van der Waals surface area (Å²) in [6.45, 7) is 1.60. The van der Waals surface area contributed by atoms with Crippen LogP contribution in [0, 0.1) is 5.82 Å². The third kappa shape index (κ3) is 4.02. The summed E-state index contributed by atoms with van der Waals surface area (Å²) in [5.74, 6) is -1.32. The van der Waals surface area contributed by atoms with Crippen molar-refractivity contribution in [2.45, 2.75) is 17.7 Å². The Hall–Kier alpha value is -1.93. The number of carbonyl (C=O) groups is 1. The Morgan fingerprint density at radius 2 is 2.00 bits per heavy atom. The van der Waals surface area contributed by atoms with Gasteiger partial charge >= 0.3 is 10.1 Å². The zero-order chi connectivity index (χ0) is 15.5. The van der Waals surface area contributed by atoms with E-state index < -0.39 is 15.9 Å². The molecule has 0 aliphatic heterocycles. The predicted molar refractivity (Wildman–Crippen MR) is 76.1 cm³/mol. The molecule has 0 spiro atoms. The molecule has 1 aromatic heterocycles. The molecule has 1 aromatic carbocycles. The number of thiophene rings is 1. The average Bonchev–Trinajstić information content (AvgIpc) is 2.88. The molecule has 0 atom stereocenters. The normalized spacial score (nSPS) is 11.1. The smallest absolute Gasteiger partial charge is 0.348 e. The van der Waals surface area contributed by atoms with Crippen LogP contribution in [-0.4, -0.2) is 14.3 Å². The number of hydrogen-bond acceptors (Lipinski definition) is 5. The number of para-hydroxylation sites is 1. The predicted octanol–water partition coefficient (Wildman–Crippen LogP) is 2.29. The minimum Gasteiger partial charge on any atom is -0.375 e. The van der Waals surface area contributed by atoms with Crippen LogP contribution in [0.3, 0.4) is 0 Å². The van der Waals surface area contributed by atoms with Gasteiger partial charge in [-0.2, -0.15) is 8.42 Å². The third-order valence-electron chi connectivity index (χ3n) is 2.43. The number of amides is 1. The van der Waals surface area contributed by atoms with Crippen molar-refractivity contribution in [1.29, 1.82) is 0 Å². The van der Waals surface area contributed by atoms with Gasteiger partial charge in [0.1, 0.15) is 0 Å². The second kappa shape index (κ2) is 6.23. The van der Waals surface area contributed by atoms with Gasteiger partial charge in [0.05, 0.1) is 6.54 Å². The first-order valence-corrected chi connectivity index (χ1v) is 8.13. The van der Waals surface area contributed by atoms with Crippen molar-refractivity contribution in [3.8, 4) is 5.75 Å². The van der Waals surface area contributed by atoms with Crippen LogP contribution in [0.1, 0.15) is 11.8 Å². The molecule has 5 nitrogen and oxygen atoms in total. The van der Waals surface area contributed by atoms with Gasteiger partial charge in [-0.15, -0.1) is 11.3 Å². The van der Waals surface area contributed by atoms with Gasteiger partial charge in [-0.1, -0.05) is 12.1 Å². The molecule has 8 heteroatoms. The van der Waals surface area contributed by atoms with Gasteiger partial charge in [0.25, 0.3) is 0 Å². The van der Waals surface area contributed by atoms with Gasteiger partial charge in [0.15, 0.2) is 15.8 Å². The van der Waals surface area contributed by atoms with E-state index in [9.17, 15) is 17.6 Å². The number of hydrogen-bond donors (Lipinski definition) is 1. The van der Waals surface area contributed by atoms with Crippen LogP contribution < -0.4 is 9.50 Å². The number of nitrogens with one attached hydrogen (secondary N) is 1. The average molecular weight is 329 g/mol. The van der Waals surface area contributed by atoms with Crippen LogP contribution in [0.4, 0.5) is 4.39 Å². The van der Waals surface area contributed by atoms with E-state index >= 15 is 0 Å². The Kier molecular flexibility index (Phi) is 4.59. The molecule has 0 radical (unpaired) electrons. The maximum Gasteiger partial charge on any atom is 0.348 e. The zero-order valence-corrected chi connectivity index (χ0v) is 12.6. The molecular weight excluding hydrogens is 317 g/mol. The highest BCUT2D eigenvalue weighted by Crippen LogP contribution is 2.26. The molecule has 0 bridgehead atoms. The summed E-state index contributed by atoms with van der Waals surface area (Å²) in [5, 5.41) is 2.56. The summed E-state index contributed by atoms with van der Waals surface area (Å²) < 4.78 is 42.2. The molecule has 0 aliphatic rings. The van der Waals surface area contributed by atoms with Crippen molar-refractivity contribution in [2.75, 3.05) is 0 Å². The third-order valence-corrected chi connectivity index (χ3v) is 5.20. The molecule has 1 N–H and O–H groups in total. The molecule has 0 fully saturated rings. The van der Waals surface area contributed by atoms with Crippen molar-refractivity contribution in [3.05, 3.63) is 47.1 Å². The van der Waals surface area contributed by atoms with E-state index in [1.54, 1.807) is 6.07 Å². The van der Waals surface area contributed by atoms with Crippen molar-refractivity contribution < 1.29 is 21.8 Å². The van der Waals surface area contributed by atoms with Crippen molar-refractivity contribution in [2.24, 2.45) is 0 Å². The fraction of sp³-hybridized carbons (Fsp3) is 0.154. The summed E-state index contributed by atoms with van der Waals surface area (Å²) in [6, 6.07) is 8.19. The fourth-order valence-electron chi connectivity index (χ4n) is 1.47. The number of halogens is 1.